The van der Waals surface area contributed by atoms with Crippen LogP contribution < -0.4 is 11.2 Å². The van der Waals surface area contributed by atoms with Crippen LogP contribution in [0.2, 0.25) is 0 Å². The number of carbonyl (C=O) groups is 1. The van der Waals surface area contributed by atoms with Gasteiger partial charge in [0.15, 0.2) is 0 Å². The number of rotatable bonds is 3. The summed E-state index contributed by atoms with van der Waals surface area (Å²) in [6.45, 7) is 6.99. The van der Waals surface area contributed by atoms with E-state index in [0.717, 1.165) is 15.0 Å². The first kappa shape index (κ1) is 14.5. The lowest BCUT2D eigenvalue weighted by molar-refractivity contribution is -0.142. The van der Waals surface area contributed by atoms with Crippen LogP contribution in [0.4, 0.5) is 0 Å². The van der Waals surface area contributed by atoms with Gasteiger partial charge in [0, 0.05) is 4.88 Å². The highest BCUT2D eigenvalue weighted by molar-refractivity contribution is 7.18. The minimum Gasteiger partial charge on any atom is -0.480 e. The standard InChI is InChI=1S/C13H16N2O4S/c1-5(2)9(12(17)18)15-11(16)8-6(3)7(4)20-10(8)14-13(15)19/h5,9H,1-4H3,(H,14,19)(H,17,18). The van der Waals surface area contributed by atoms with E-state index in [1.807, 2.05) is 6.92 Å². The van der Waals surface area contributed by atoms with E-state index in [4.69, 9.17) is 0 Å². The molecule has 2 heterocycles. The van der Waals surface area contributed by atoms with Gasteiger partial charge in [-0.05, 0) is 25.3 Å². The highest BCUT2D eigenvalue weighted by Crippen LogP contribution is 2.25. The lowest BCUT2D eigenvalue weighted by Crippen LogP contribution is -2.42. The van der Waals surface area contributed by atoms with Crippen LogP contribution >= 0.6 is 11.3 Å². The summed E-state index contributed by atoms with van der Waals surface area (Å²) in [5.41, 5.74) is -0.426. The molecule has 1 atom stereocenters. The van der Waals surface area contributed by atoms with Crippen LogP contribution in [0, 0.1) is 19.8 Å². The van der Waals surface area contributed by atoms with Crippen LogP contribution in [-0.4, -0.2) is 20.6 Å². The summed E-state index contributed by atoms with van der Waals surface area (Å²) in [6, 6.07) is -1.17. The molecule has 0 amide bonds. The molecule has 0 aliphatic carbocycles. The molecule has 0 radical (unpaired) electrons. The third-order valence-corrected chi connectivity index (χ3v) is 4.54. The van der Waals surface area contributed by atoms with Gasteiger partial charge >= 0.3 is 11.7 Å². The number of carboxylic acids is 1. The fourth-order valence-corrected chi connectivity index (χ4v) is 3.33. The summed E-state index contributed by atoms with van der Waals surface area (Å²) in [7, 11) is 0. The van der Waals surface area contributed by atoms with Gasteiger partial charge in [0.1, 0.15) is 10.9 Å². The van der Waals surface area contributed by atoms with Crippen molar-refractivity contribution >= 4 is 27.5 Å². The molecule has 2 aromatic heterocycles. The molecule has 0 bridgehead atoms. The zero-order chi connectivity index (χ0) is 15.2. The van der Waals surface area contributed by atoms with Gasteiger partial charge < -0.3 is 5.11 Å². The SMILES string of the molecule is Cc1sc2[nH]c(=O)n(C(C(=O)O)C(C)C)c(=O)c2c1C. The van der Waals surface area contributed by atoms with Gasteiger partial charge in [-0.2, -0.15) is 0 Å². The van der Waals surface area contributed by atoms with Crippen molar-refractivity contribution in [1.82, 2.24) is 9.55 Å². The van der Waals surface area contributed by atoms with Crippen molar-refractivity contribution in [1.29, 1.82) is 0 Å². The second-order valence-corrected chi connectivity index (χ2v) is 6.34. The van der Waals surface area contributed by atoms with Crippen molar-refractivity contribution in [2.45, 2.75) is 33.7 Å². The van der Waals surface area contributed by atoms with Gasteiger partial charge in [0.25, 0.3) is 5.56 Å². The number of aromatic nitrogens is 2. The van der Waals surface area contributed by atoms with E-state index >= 15 is 0 Å². The first-order valence-corrected chi connectivity index (χ1v) is 7.04. The number of nitrogens with zero attached hydrogens (tertiary/aromatic N) is 1. The molecule has 2 aromatic rings. The van der Waals surface area contributed by atoms with Crippen LogP contribution in [-0.2, 0) is 4.79 Å². The zero-order valence-electron chi connectivity index (χ0n) is 11.7. The third kappa shape index (κ3) is 2.07. The summed E-state index contributed by atoms with van der Waals surface area (Å²) in [5.74, 6) is -1.56. The van der Waals surface area contributed by atoms with Gasteiger partial charge in [-0.15, -0.1) is 11.3 Å². The molecule has 108 valence electrons. The number of hydrogen-bond acceptors (Lipinski definition) is 4. The molecule has 0 spiro atoms. The molecule has 20 heavy (non-hydrogen) atoms. The minimum absolute atomic E-state index is 0.371. The maximum atomic E-state index is 12.5. The highest BCUT2D eigenvalue weighted by Gasteiger charge is 2.28. The molecular weight excluding hydrogens is 280 g/mol. The predicted molar refractivity (Wildman–Crippen MR) is 77.7 cm³/mol. The number of H-pyrrole nitrogens is 1. The Hall–Kier alpha value is -1.89. The van der Waals surface area contributed by atoms with E-state index in [1.54, 1.807) is 20.8 Å². The van der Waals surface area contributed by atoms with E-state index < -0.39 is 23.3 Å². The van der Waals surface area contributed by atoms with Gasteiger partial charge in [-0.3, -0.25) is 9.78 Å². The van der Waals surface area contributed by atoms with E-state index in [1.165, 1.54) is 11.3 Å². The van der Waals surface area contributed by atoms with Crippen LogP contribution in [0.3, 0.4) is 0 Å². The van der Waals surface area contributed by atoms with Crippen molar-refractivity contribution in [3.05, 3.63) is 31.3 Å². The molecule has 2 rings (SSSR count). The Labute approximate surface area is 118 Å². The second-order valence-electron chi connectivity index (χ2n) is 5.12. The fourth-order valence-electron chi connectivity index (χ4n) is 2.29. The Kier molecular flexibility index (Phi) is 3.56. The predicted octanol–water partition coefficient (Wildman–Crippen LogP) is 1.65. The molecular formula is C13H16N2O4S. The number of aliphatic carboxylic acids is 1. The normalized spacial score (nSPS) is 13.1. The number of aromatic amines is 1. The largest absolute Gasteiger partial charge is 0.480 e. The van der Waals surface area contributed by atoms with E-state index in [9.17, 15) is 19.5 Å². The van der Waals surface area contributed by atoms with E-state index in [0.29, 0.717) is 10.2 Å². The summed E-state index contributed by atoms with van der Waals surface area (Å²) in [6.07, 6.45) is 0. The van der Waals surface area contributed by atoms with Crippen molar-refractivity contribution < 1.29 is 9.90 Å². The average molecular weight is 296 g/mol. The number of aryl methyl sites for hydroxylation is 2. The number of carboxylic acid groups (broad SMARTS) is 1. The number of fused-ring (bicyclic) bond motifs is 1. The first-order chi connectivity index (χ1) is 9.25. The zero-order valence-corrected chi connectivity index (χ0v) is 12.5. The van der Waals surface area contributed by atoms with Crippen LogP contribution in [0.5, 0.6) is 0 Å². The van der Waals surface area contributed by atoms with Crippen molar-refractivity contribution in [3.8, 4) is 0 Å². The third-order valence-electron chi connectivity index (χ3n) is 3.42. The molecule has 0 fully saturated rings. The molecule has 0 aliphatic heterocycles. The quantitative estimate of drug-likeness (QED) is 0.900. The number of nitrogens with one attached hydrogen (secondary N) is 1. The number of thiophene rings is 1. The van der Waals surface area contributed by atoms with Crippen molar-refractivity contribution in [2.24, 2.45) is 5.92 Å². The van der Waals surface area contributed by atoms with Gasteiger partial charge in [0.2, 0.25) is 0 Å². The van der Waals surface area contributed by atoms with Gasteiger partial charge in [0.05, 0.1) is 5.39 Å². The molecule has 0 saturated heterocycles. The Balaban J connectivity index is 2.90. The Morgan fingerprint density at radius 1 is 1.30 bits per heavy atom. The second kappa shape index (κ2) is 4.90. The molecule has 6 nitrogen and oxygen atoms in total. The first-order valence-electron chi connectivity index (χ1n) is 6.23. The molecule has 0 saturated carbocycles. The van der Waals surface area contributed by atoms with E-state index in [-0.39, 0.29) is 5.92 Å². The topological polar surface area (TPSA) is 92.2 Å². The minimum atomic E-state index is -1.18. The lowest BCUT2D eigenvalue weighted by atomic mass is 10.0. The number of hydrogen-bond donors (Lipinski definition) is 2. The Bertz CT molecular complexity index is 797. The molecule has 0 aliphatic rings. The fraction of sp³-hybridized carbons (Fsp3) is 0.462. The van der Waals surface area contributed by atoms with Crippen LogP contribution in [0.25, 0.3) is 10.2 Å². The monoisotopic (exact) mass is 296 g/mol. The molecule has 2 N–H and O–H groups in total. The maximum absolute atomic E-state index is 12.5. The summed E-state index contributed by atoms with van der Waals surface area (Å²) >= 11 is 1.33. The molecule has 1 unspecified atom stereocenters. The Morgan fingerprint density at radius 3 is 2.40 bits per heavy atom. The van der Waals surface area contributed by atoms with Gasteiger partial charge in [-0.1, -0.05) is 13.8 Å². The highest BCUT2D eigenvalue weighted by atomic mass is 32.1. The van der Waals surface area contributed by atoms with Crippen molar-refractivity contribution in [3.63, 3.8) is 0 Å². The van der Waals surface area contributed by atoms with Gasteiger partial charge in [-0.25, -0.2) is 14.2 Å². The summed E-state index contributed by atoms with van der Waals surface area (Å²) in [5, 5.41) is 9.68. The smallest absolute Gasteiger partial charge is 0.330 e. The average Bonchev–Trinajstić information content (AvgIpc) is 2.59. The summed E-state index contributed by atoms with van der Waals surface area (Å²) in [4.78, 5) is 40.0. The van der Waals surface area contributed by atoms with Crippen LogP contribution in [0.15, 0.2) is 9.59 Å². The van der Waals surface area contributed by atoms with Crippen molar-refractivity contribution in [2.75, 3.05) is 0 Å². The van der Waals surface area contributed by atoms with Crippen LogP contribution in [0.1, 0.15) is 30.3 Å². The maximum Gasteiger partial charge on any atom is 0.330 e. The lowest BCUT2D eigenvalue weighted by Gasteiger charge is -2.18. The molecule has 7 heteroatoms. The Morgan fingerprint density at radius 2 is 1.90 bits per heavy atom. The summed E-state index contributed by atoms with van der Waals surface area (Å²) < 4.78 is 0.814. The molecule has 0 aromatic carbocycles. The van der Waals surface area contributed by atoms with E-state index in [2.05, 4.69) is 4.98 Å².